The average Bonchev–Trinajstić information content (AvgIpc) is 2.42. The molecule has 1 aliphatic heterocycles. The standard InChI is InChI=1S/C14H14FN3O/c15-11-4-2-1-3-9(11)7-13-17-12-5-6-19-8-10(12)14(16)18-13/h1-4H,5-8H2,(H2,16,17,18). The fourth-order valence-electron chi connectivity index (χ4n) is 2.20. The van der Waals surface area contributed by atoms with Gasteiger partial charge in [-0.15, -0.1) is 0 Å². The van der Waals surface area contributed by atoms with E-state index in [-0.39, 0.29) is 5.82 Å². The van der Waals surface area contributed by atoms with Gasteiger partial charge >= 0.3 is 0 Å². The number of nitrogens with zero attached hydrogens (tertiary/aromatic N) is 2. The molecule has 2 heterocycles. The highest BCUT2D eigenvalue weighted by Crippen LogP contribution is 2.21. The molecule has 0 amide bonds. The SMILES string of the molecule is Nc1nc(Cc2ccccc2F)nc2c1COCC2. The lowest BCUT2D eigenvalue weighted by Gasteiger charge is -2.17. The van der Waals surface area contributed by atoms with E-state index in [4.69, 9.17) is 10.5 Å². The van der Waals surface area contributed by atoms with Crippen LogP contribution in [0.4, 0.5) is 10.2 Å². The summed E-state index contributed by atoms with van der Waals surface area (Å²) in [6, 6.07) is 6.63. The highest BCUT2D eigenvalue weighted by Gasteiger charge is 2.17. The number of halogens is 1. The molecule has 5 heteroatoms. The Hall–Kier alpha value is -2.01. The van der Waals surface area contributed by atoms with Crippen molar-refractivity contribution in [3.63, 3.8) is 0 Å². The van der Waals surface area contributed by atoms with E-state index in [1.807, 2.05) is 0 Å². The fraction of sp³-hybridized carbons (Fsp3) is 0.286. The van der Waals surface area contributed by atoms with E-state index < -0.39 is 0 Å². The Balaban J connectivity index is 1.94. The molecule has 4 nitrogen and oxygen atoms in total. The Morgan fingerprint density at radius 2 is 2.11 bits per heavy atom. The maximum Gasteiger partial charge on any atom is 0.135 e. The van der Waals surface area contributed by atoms with Gasteiger partial charge in [0.1, 0.15) is 17.5 Å². The van der Waals surface area contributed by atoms with Crippen LogP contribution in [-0.2, 0) is 24.2 Å². The van der Waals surface area contributed by atoms with Gasteiger partial charge in [0.05, 0.1) is 18.9 Å². The first-order chi connectivity index (χ1) is 9.24. The molecule has 0 saturated carbocycles. The van der Waals surface area contributed by atoms with Crippen LogP contribution in [-0.4, -0.2) is 16.6 Å². The summed E-state index contributed by atoms with van der Waals surface area (Å²) in [6.45, 7) is 1.10. The highest BCUT2D eigenvalue weighted by molar-refractivity contribution is 5.43. The van der Waals surface area contributed by atoms with E-state index in [1.54, 1.807) is 18.2 Å². The second kappa shape index (κ2) is 4.93. The van der Waals surface area contributed by atoms with Crippen molar-refractivity contribution < 1.29 is 9.13 Å². The molecule has 2 N–H and O–H groups in total. The van der Waals surface area contributed by atoms with Gasteiger partial charge < -0.3 is 10.5 Å². The van der Waals surface area contributed by atoms with Crippen LogP contribution >= 0.6 is 0 Å². The van der Waals surface area contributed by atoms with Crippen LogP contribution in [0.3, 0.4) is 0 Å². The predicted molar refractivity (Wildman–Crippen MR) is 69.0 cm³/mol. The maximum atomic E-state index is 13.6. The van der Waals surface area contributed by atoms with Gasteiger partial charge in [0.15, 0.2) is 0 Å². The van der Waals surface area contributed by atoms with E-state index in [0.29, 0.717) is 36.8 Å². The molecule has 1 aliphatic rings. The molecule has 0 aliphatic carbocycles. The van der Waals surface area contributed by atoms with Gasteiger partial charge in [-0.05, 0) is 11.6 Å². The lowest BCUT2D eigenvalue weighted by Crippen LogP contribution is -2.17. The zero-order valence-corrected chi connectivity index (χ0v) is 10.4. The van der Waals surface area contributed by atoms with Crippen molar-refractivity contribution in [3.8, 4) is 0 Å². The number of rotatable bonds is 2. The van der Waals surface area contributed by atoms with Crippen molar-refractivity contribution in [2.75, 3.05) is 12.3 Å². The maximum absolute atomic E-state index is 13.6. The zero-order valence-electron chi connectivity index (χ0n) is 10.4. The van der Waals surface area contributed by atoms with Crippen LogP contribution < -0.4 is 5.73 Å². The molecule has 98 valence electrons. The van der Waals surface area contributed by atoms with E-state index >= 15 is 0 Å². The van der Waals surface area contributed by atoms with Gasteiger partial charge in [-0.3, -0.25) is 0 Å². The zero-order chi connectivity index (χ0) is 13.2. The van der Waals surface area contributed by atoms with Gasteiger partial charge in [-0.2, -0.15) is 0 Å². The Morgan fingerprint density at radius 3 is 2.95 bits per heavy atom. The lowest BCUT2D eigenvalue weighted by molar-refractivity contribution is 0.109. The predicted octanol–water partition coefficient (Wildman–Crippen LogP) is 1.86. The second-order valence-corrected chi connectivity index (χ2v) is 4.52. The summed E-state index contributed by atoms with van der Waals surface area (Å²) in [4.78, 5) is 8.72. The minimum atomic E-state index is -0.245. The number of nitrogen functional groups attached to an aromatic ring is 1. The number of anilines is 1. The molecule has 3 rings (SSSR count). The van der Waals surface area contributed by atoms with Crippen molar-refractivity contribution in [3.05, 3.63) is 52.7 Å². The number of ether oxygens (including phenoxy) is 1. The number of hydrogen-bond acceptors (Lipinski definition) is 4. The molecule has 0 atom stereocenters. The number of benzene rings is 1. The molecule has 0 unspecified atom stereocenters. The third-order valence-electron chi connectivity index (χ3n) is 3.21. The van der Waals surface area contributed by atoms with Crippen molar-refractivity contribution >= 4 is 5.82 Å². The lowest BCUT2D eigenvalue weighted by atomic mass is 10.1. The first kappa shape index (κ1) is 12.0. The van der Waals surface area contributed by atoms with Gasteiger partial charge in [0, 0.05) is 18.4 Å². The Bertz CT molecular complexity index is 616. The largest absolute Gasteiger partial charge is 0.383 e. The van der Waals surface area contributed by atoms with E-state index in [9.17, 15) is 4.39 Å². The summed E-state index contributed by atoms with van der Waals surface area (Å²) < 4.78 is 18.9. The van der Waals surface area contributed by atoms with E-state index in [1.165, 1.54) is 6.07 Å². The van der Waals surface area contributed by atoms with Crippen molar-refractivity contribution in [1.29, 1.82) is 0 Å². The van der Waals surface area contributed by atoms with Crippen molar-refractivity contribution in [2.24, 2.45) is 0 Å². The van der Waals surface area contributed by atoms with Crippen LogP contribution in [0.15, 0.2) is 24.3 Å². The minimum absolute atomic E-state index is 0.245. The van der Waals surface area contributed by atoms with Crippen LogP contribution in [0, 0.1) is 5.82 Å². The quantitative estimate of drug-likeness (QED) is 0.894. The summed E-state index contributed by atoms with van der Waals surface area (Å²) in [5.41, 5.74) is 8.27. The molecule has 2 aromatic rings. The van der Waals surface area contributed by atoms with Gasteiger partial charge in [0.2, 0.25) is 0 Å². The van der Waals surface area contributed by atoms with Crippen LogP contribution in [0.1, 0.15) is 22.6 Å². The topological polar surface area (TPSA) is 61.0 Å². The summed E-state index contributed by atoms with van der Waals surface area (Å²) in [6.07, 6.45) is 1.08. The highest BCUT2D eigenvalue weighted by atomic mass is 19.1. The Morgan fingerprint density at radius 1 is 1.26 bits per heavy atom. The van der Waals surface area contributed by atoms with Gasteiger partial charge in [-0.1, -0.05) is 18.2 Å². The molecule has 1 aromatic heterocycles. The molecule has 0 fully saturated rings. The monoisotopic (exact) mass is 259 g/mol. The van der Waals surface area contributed by atoms with Crippen LogP contribution in [0.25, 0.3) is 0 Å². The third-order valence-corrected chi connectivity index (χ3v) is 3.21. The van der Waals surface area contributed by atoms with Gasteiger partial charge in [0.25, 0.3) is 0 Å². The summed E-state index contributed by atoms with van der Waals surface area (Å²) in [5, 5.41) is 0. The molecule has 0 spiro atoms. The average molecular weight is 259 g/mol. The molecule has 0 radical (unpaired) electrons. The number of fused-ring (bicyclic) bond motifs is 1. The van der Waals surface area contributed by atoms with E-state index in [0.717, 1.165) is 17.7 Å². The first-order valence-electron chi connectivity index (χ1n) is 6.19. The third kappa shape index (κ3) is 2.42. The minimum Gasteiger partial charge on any atom is -0.383 e. The molecular formula is C14H14FN3O. The fourth-order valence-corrected chi connectivity index (χ4v) is 2.20. The van der Waals surface area contributed by atoms with Crippen molar-refractivity contribution in [1.82, 2.24) is 9.97 Å². The molecule has 1 aromatic carbocycles. The number of nitrogens with two attached hydrogens (primary N) is 1. The molecule has 0 bridgehead atoms. The molecular weight excluding hydrogens is 245 g/mol. The smallest absolute Gasteiger partial charge is 0.135 e. The Labute approximate surface area is 110 Å². The van der Waals surface area contributed by atoms with Crippen LogP contribution in [0.5, 0.6) is 0 Å². The summed E-state index contributed by atoms with van der Waals surface area (Å²) >= 11 is 0. The van der Waals surface area contributed by atoms with E-state index in [2.05, 4.69) is 9.97 Å². The van der Waals surface area contributed by atoms with Crippen molar-refractivity contribution in [2.45, 2.75) is 19.4 Å². The normalized spacial score (nSPS) is 14.2. The molecule has 0 saturated heterocycles. The second-order valence-electron chi connectivity index (χ2n) is 4.52. The first-order valence-corrected chi connectivity index (χ1v) is 6.19. The number of aromatic nitrogens is 2. The molecule has 19 heavy (non-hydrogen) atoms. The summed E-state index contributed by atoms with van der Waals surface area (Å²) in [5.74, 6) is 0.755. The van der Waals surface area contributed by atoms with Crippen LogP contribution in [0.2, 0.25) is 0 Å². The Kier molecular flexibility index (Phi) is 3.13. The number of hydrogen-bond donors (Lipinski definition) is 1. The summed E-state index contributed by atoms with van der Waals surface area (Å²) in [7, 11) is 0. The van der Waals surface area contributed by atoms with Gasteiger partial charge in [-0.25, -0.2) is 14.4 Å².